The van der Waals surface area contributed by atoms with Gasteiger partial charge in [0, 0.05) is 17.5 Å². The van der Waals surface area contributed by atoms with Crippen LogP contribution in [-0.2, 0) is 11.3 Å². The molecule has 2 heterocycles. The Morgan fingerprint density at radius 1 is 1.06 bits per heavy atom. The molecule has 0 fully saturated rings. The Hall–Kier alpha value is -3.66. The number of nitrogens with one attached hydrogen (secondary N) is 1. The largest absolute Gasteiger partial charge is 0.493 e. The lowest BCUT2D eigenvalue weighted by Gasteiger charge is -2.08. The second-order valence-corrected chi connectivity index (χ2v) is 7.93. The molecule has 0 unspecified atom stereocenters. The molecule has 1 amide bonds. The van der Waals surface area contributed by atoms with Gasteiger partial charge in [-0.1, -0.05) is 6.92 Å². The number of carbonyl (C=O) groups excluding carboxylic acids is 2. The number of anilines is 1. The van der Waals surface area contributed by atoms with E-state index in [1.54, 1.807) is 32.2 Å². The van der Waals surface area contributed by atoms with Crippen LogP contribution >= 0.6 is 11.3 Å². The summed E-state index contributed by atoms with van der Waals surface area (Å²) in [5.74, 6) is 0.0229. The van der Waals surface area contributed by atoms with Crippen molar-refractivity contribution in [3.05, 3.63) is 57.3 Å². The molecule has 0 spiro atoms. The highest BCUT2D eigenvalue weighted by atomic mass is 32.1. The molecule has 0 aliphatic carbocycles. The summed E-state index contributed by atoms with van der Waals surface area (Å²) in [6.45, 7) is 4.21. The first-order valence-electron chi connectivity index (χ1n) is 10.3. The zero-order valence-electron chi connectivity index (χ0n) is 18.8. The Kier molecular flexibility index (Phi) is 7.83. The fourth-order valence-corrected chi connectivity index (χ4v) is 4.10. The van der Waals surface area contributed by atoms with Gasteiger partial charge in [0.05, 0.1) is 26.5 Å². The predicted molar refractivity (Wildman–Crippen MR) is 126 cm³/mol. The number of amides is 1. The number of ether oxygens (including phenoxy) is 3. The Morgan fingerprint density at radius 2 is 1.82 bits per heavy atom. The smallest absolute Gasteiger partial charge is 0.350 e. The van der Waals surface area contributed by atoms with Gasteiger partial charge in [-0.3, -0.25) is 9.59 Å². The zero-order chi connectivity index (χ0) is 24.0. The third-order valence-corrected chi connectivity index (χ3v) is 5.81. The molecular weight excluding hydrogens is 446 g/mol. The van der Waals surface area contributed by atoms with Crippen molar-refractivity contribution in [2.24, 2.45) is 0 Å². The molecule has 0 saturated carbocycles. The summed E-state index contributed by atoms with van der Waals surface area (Å²) in [5, 5.41) is 6.86. The zero-order valence-corrected chi connectivity index (χ0v) is 19.7. The van der Waals surface area contributed by atoms with E-state index in [2.05, 4.69) is 10.4 Å². The summed E-state index contributed by atoms with van der Waals surface area (Å²) in [5.41, 5.74) is 0.852. The van der Waals surface area contributed by atoms with Crippen molar-refractivity contribution in [3.63, 3.8) is 0 Å². The van der Waals surface area contributed by atoms with Crippen molar-refractivity contribution in [2.75, 3.05) is 26.1 Å². The molecule has 0 atom stereocenters. The molecule has 1 N–H and O–H groups in total. The van der Waals surface area contributed by atoms with Gasteiger partial charge in [-0.2, -0.15) is 5.10 Å². The van der Waals surface area contributed by atoms with E-state index < -0.39 is 11.9 Å². The Labute approximate surface area is 194 Å². The molecule has 3 rings (SSSR count). The fourth-order valence-electron chi connectivity index (χ4n) is 3.09. The van der Waals surface area contributed by atoms with Gasteiger partial charge in [-0.05, 0) is 49.2 Å². The van der Waals surface area contributed by atoms with E-state index in [4.69, 9.17) is 14.2 Å². The van der Waals surface area contributed by atoms with Crippen LogP contribution in [0, 0.1) is 0 Å². The summed E-state index contributed by atoms with van der Waals surface area (Å²) in [4.78, 5) is 38.3. The number of hydrogen-bond acceptors (Lipinski definition) is 8. The van der Waals surface area contributed by atoms with Gasteiger partial charge in [0.2, 0.25) is 0 Å². The molecule has 0 aliphatic rings. The van der Waals surface area contributed by atoms with Crippen LogP contribution in [-0.4, -0.2) is 42.5 Å². The number of aromatic nitrogens is 2. The monoisotopic (exact) mass is 471 g/mol. The van der Waals surface area contributed by atoms with Crippen molar-refractivity contribution in [1.82, 2.24) is 9.78 Å². The first-order valence-corrected chi connectivity index (χ1v) is 11.2. The van der Waals surface area contributed by atoms with E-state index in [0.29, 0.717) is 30.2 Å². The molecule has 33 heavy (non-hydrogen) atoms. The Morgan fingerprint density at radius 3 is 2.48 bits per heavy atom. The maximum Gasteiger partial charge on any atom is 0.350 e. The minimum absolute atomic E-state index is 0.0664. The molecule has 0 saturated heterocycles. The Balaban J connectivity index is 1.98. The van der Waals surface area contributed by atoms with Gasteiger partial charge < -0.3 is 19.5 Å². The summed E-state index contributed by atoms with van der Waals surface area (Å²) >= 11 is 1.18. The number of nitrogens with zero attached hydrogens (tertiary/aromatic N) is 2. The van der Waals surface area contributed by atoms with Crippen molar-refractivity contribution >= 4 is 28.9 Å². The first-order chi connectivity index (χ1) is 15.9. The van der Waals surface area contributed by atoms with Crippen LogP contribution in [0.4, 0.5) is 5.69 Å². The van der Waals surface area contributed by atoms with E-state index in [-0.39, 0.29) is 22.7 Å². The average molecular weight is 472 g/mol. The number of aryl methyl sites for hydroxylation is 1. The molecule has 10 heteroatoms. The van der Waals surface area contributed by atoms with Crippen molar-refractivity contribution in [1.29, 1.82) is 0 Å². The number of rotatable bonds is 9. The fraction of sp³-hybridized carbons (Fsp3) is 0.304. The van der Waals surface area contributed by atoms with Crippen LogP contribution in [0.15, 0.2) is 41.2 Å². The SMILES string of the molecule is CCCn1nc(C(=O)Nc2cc(-c3ccc(OC)c(OC)c3)sc2C(=O)OCC)ccc1=O. The summed E-state index contributed by atoms with van der Waals surface area (Å²) in [6, 6.07) is 9.72. The molecule has 0 bridgehead atoms. The molecular formula is C23H25N3O6S. The van der Waals surface area contributed by atoms with E-state index in [1.807, 2.05) is 13.0 Å². The van der Waals surface area contributed by atoms with Gasteiger partial charge in [-0.15, -0.1) is 11.3 Å². The van der Waals surface area contributed by atoms with Crippen LogP contribution in [0.5, 0.6) is 11.5 Å². The minimum Gasteiger partial charge on any atom is -0.493 e. The van der Waals surface area contributed by atoms with E-state index in [0.717, 1.165) is 10.4 Å². The van der Waals surface area contributed by atoms with E-state index in [1.165, 1.54) is 35.3 Å². The molecule has 9 nitrogen and oxygen atoms in total. The summed E-state index contributed by atoms with van der Waals surface area (Å²) < 4.78 is 17.1. The minimum atomic E-state index is -0.548. The van der Waals surface area contributed by atoms with Crippen molar-refractivity contribution in [2.45, 2.75) is 26.8 Å². The predicted octanol–water partition coefficient (Wildman–Crippen LogP) is 3.83. The number of esters is 1. The highest BCUT2D eigenvalue weighted by molar-refractivity contribution is 7.18. The highest BCUT2D eigenvalue weighted by Crippen LogP contribution is 2.39. The van der Waals surface area contributed by atoms with Crippen LogP contribution in [0.2, 0.25) is 0 Å². The number of hydrogen-bond donors (Lipinski definition) is 1. The molecule has 174 valence electrons. The molecule has 3 aromatic rings. The Bertz CT molecular complexity index is 1220. The van der Waals surface area contributed by atoms with Gasteiger partial charge in [0.25, 0.3) is 11.5 Å². The average Bonchev–Trinajstić information content (AvgIpc) is 3.24. The molecule has 2 aromatic heterocycles. The van der Waals surface area contributed by atoms with Crippen molar-refractivity contribution in [3.8, 4) is 21.9 Å². The van der Waals surface area contributed by atoms with Crippen LogP contribution in [0.25, 0.3) is 10.4 Å². The maximum absolute atomic E-state index is 12.9. The topological polar surface area (TPSA) is 109 Å². The lowest BCUT2D eigenvalue weighted by Crippen LogP contribution is -2.26. The van der Waals surface area contributed by atoms with Crippen LogP contribution in [0.3, 0.4) is 0 Å². The van der Waals surface area contributed by atoms with E-state index in [9.17, 15) is 14.4 Å². The number of benzene rings is 1. The standard InChI is InChI=1S/C23H25N3O6S/c1-5-11-26-20(27)10-8-15(25-26)22(28)24-16-13-19(33-21(16)23(29)32-6-2)14-7-9-17(30-3)18(12-14)31-4/h7-10,12-13H,5-6,11H2,1-4H3,(H,24,28). The highest BCUT2D eigenvalue weighted by Gasteiger charge is 2.22. The van der Waals surface area contributed by atoms with Gasteiger partial charge in [0.1, 0.15) is 10.6 Å². The third kappa shape index (κ3) is 5.40. The second-order valence-electron chi connectivity index (χ2n) is 6.88. The lowest BCUT2D eigenvalue weighted by molar-refractivity contribution is 0.0533. The summed E-state index contributed by atoms with van der Waals surface area (Å²) in [6.07, 6.45) is 0.699. The normalized spacial score (nSPS) is 10.5. The second kappa shape index (κ2) is 10.8. The quantitative estimate of drug-likeness (QED) is 0.473. The summed E-state index contributed by atoms with van der Waals surface area (Å²) in [7, 11) is 3.09. The number of thiophene rings is 1. The van der Waals surface area contributed by atoms with Gasteiger partial charge in [-0.25, -0.2) is 9.48 Å². The van der Waals surface area contributed by atoms with Crippen LogP contribution < -0.4 is 20.3 Å². The molecule has 1 aromatic carbocycles. The van der Waals surface area contributed by atoms with Crippen molar-refractivity contribution < 1.29 is 23.8 Å². The van der Waals surface area contributed by atoms with E-state index >= 15 is 0 Å². The number of methoxy groups -OCH3 is 2. The molecule has 0 radical (unpaired) electrons. The van der Waals surface area contributed by atoms with Crippen LogP contribution in [0.1, 0.15) is 40.4 Å². The van der Waals surface area contributed by atoms with Gasteiger partial charge >= 0.3 is 5.97 Å². The maximum atomic E-state index is 12.9. The lowest BCUT2D eigenvalue weighted by atomic mass is 10.1. The third-order valence-electron chi connectivity index (χ3n) is 4.64. The molecule has 0 aliphatic heterocycles. The van der Waals surface area contributed by atoms with Gasteiger partial charge in [0.15, 0.2) is 11.5 Å². The first kappa shape index (κ1) is 24.0. The number of carbonyl (C=O) groups is 2.